The fourth-order valence-electron chi connectivity index (χ4n) is 3.70. The van der Waals surface area contributed by atoms with Crippen LogP contribution in [-0.4, -0.2) is 5.78 Å². The number of halogens is 3. The lowest BCUT2D eigenvalue weighted by molar-refractivity contribution is -0.111. The first kappa shape index (κ1) is 28.3. The quantitative estimate of drug-likeness (QED) is 0.294. The molecule has 2 aromatic carbocycles. The lowest BCUT2D eigenvalue weighted by Crippen LogP contribution is -2.06. The number of carbonyl (C=O) groups is 1. The smallest absolute Gasteiger partial charge is 0.160 e. The molecule has 0 radical (unpaired) electrons. The standard InChI is InChI=1S/C19H19F3N2O.C8H18/c1-3-4-5-11(10(2)25)12-6-7-13(17(21)19(12)24)16-14(20)8-9-15(23)18(16)22;1-4-6-8(3)7-5-2/h5-9H,3-4,23-24H2,1-2H3;8H,4-7H2,1-3H3/b11-5-;. The molecule has 2 aromatic rings. The zero-order valence-corrected chi connectivity index (χ0v) is 20.4. The molecule has 33 heavy (non-hydrogen) atoms. The largest absolute Gasteiger partial charge is 0.396 e. The van der Waals surface area contributed by atoms with Crippen LogP contribution in [0.5, 0.6) is 0 Å². The molecule has 2 rings (SSSR count). The summed E-state index contributed by atoms with van der Waals surface area (Å²) in [6.45, 7) is 10.1. The van der Waals surface area contributed by atoms with E-state index in [2.05, 4.69) is 20.8 Å². The summed E-state index contributed by atoms with van der Waals surface area (Å²) in [5.74, 6) is -2.31. The second kappa shape index (κ2) is 13.7. The van der Waals surface area contributed by atoms with E-state index in [-0.39, 0.29) is 33.9 Å². The summed E-state index contributed by atoms with van der Waals surface area (Å²) in [6, 6.07) is 4.61. The molecule has 0 aliphatic heterocycles. The maximum absolute atomic E-state index is 14.7. The van der Waals surface area contributed by atoms with E-state index in [1.807, 2.05) is 6.92 Å². The van der Waals surface area contributed by atoms with E-state index in [1.165, 1.54) is 44.7 Å². The van der Waals surface area contributed by atoms with Gasteiger partial charge in [0, 0.05) is 16.7 Å². The van der Waals surface area contributed by atoms with Crippen LogP contribution in [0.15, 0.2) is 30.3 Å². The minimum absolute atomic E-state index is 0.201. The minimum Gasteiger partial charge on any atom is -0.396 e. The lowest BCUT2D eigenvalue weighted by atomic mass is 9.94. The Kier molecular flexibility index (Phi) is 11.7. The SMILES string of the molecule is CCC/C=C(/C(C)=O)c1ccc(-c2c(F)ccc(N)c2F)c(F)c1N.CCCC(C)CCC. The third kappa shape index (κ3) is 7.65. The van der Waals surface area contributed by atoms with E-state index in [9.17, 15) is 18.0 Å². The number of hydrogen-bond acceptors (Lipinski definition) is 3. The number of rotatable bonds is 9. The first-order valence-electron chi connectivity index (χ1n) is 11.6. The highest BCUT2D eigenvalue weighted by molar-refractivity contribution is 6.21. The van der Waals surface area contributed by atoms with Crippen molar-refractivity contribution in [1.29, 1.82) is 0 Å². The number of benzene rings is 2. The van der Waals surface area contributed by atoms with E-state index < -0.39 is 23.0 Å². The molecule has 0 fully saturated rings. The van der Waals surface area contributed by atoms with Gasteiger partial charge in [0.25, 0.3) is 0 Å². The zero-order chi connectivity index (χ0) is 25.1. The van der Waals surface area contributed by atoms with Crippen molar-refractivity contribution < 1.29 is 18.0 Å². The third-order valence-electron chi connectivity index (χ3n) is 5.44. The lowest BCUT2D eigenvalue weighted by Gasteiger charge is -2.14. The predicted molar refractivity (Wildman–Crippen MR) is 133 cm³/mol. The Morgan fingerprint density at radius 2 is 1.55 bits per heavy atom. The van der Waals surface area contributed by atoms with Crippen molar-refractivity contribution in [3.8, 4) is 11.1 Å². The highest BCUT2D eigenvalue weighted by Crippen LogP contribution is 2.36. The Morgan fingerprint density at radius 3 is 2.06 bits per heavy atom. The number of nitrogen functional groups attached to an aromatic ring is 2. The molecule has 6 heteroatoms. The number of allylic oxidation sites excluding steroid dienone is 2. The third-order valence-corrected chi connectivity index (χ3v) is 5.44. The molecule has 0 unspecified atom stereocenters. The highest BCUT2D eigenvalue weighted by atomic mass is 19.1. The molecular weight excluding hydrogens is 425 g/mol. The molecule has 182 valence electrons. The zero-order valence-electron chi connectivity index (χ0n) is 20.4. The van der Waals surface area contributed by atoms with Crippen LogP contribution in [0.25, 0.3) is 16.7 Å². The van der Waals surface area contributed by atoms with E-state index >= 15 is 0 Å². The first-order chi connectivity index (χ1) is 15.6. The van der Waals surface area contributed by atoms with Crippen molar-refractivity contribution in [2.24, 2.45) is 5.92 Å². The van der Waals surface area contributed by atoms with Gasteiger partial charge in [-0.05, 0) is 31.4 Å². The molecule has 0 aliphatic rings. The van der Waals surface area contributed by atoms with Crippen LogP contribution < -0.4 is 11.5 Å². The summed E-state index contributed by atoms with van der Waals surface area (Å²) in [4.78, 5) is 11.8. The number of anilines is 2. The van der Waals surface area contributed by atoms with Crippen molar-refractivity contribution in [3.63, 3.8) is 0 Å². The van der Waals surface area contributed by atoms with Gasteiger partial charge in [-0.1, -0.05) is 78.0 Å². The summed E-state index contributed by atoms with van der Waals surface area (Å²) in [7, 11) is 0. The van der Waals surface area contributed by atoms with Gasteiger partial charge in [0.2, 0.25) is 0 Å². The Morgan fingerprint density at radius 1 is 0.939 bits per heavy atom. The second-order valence-corrected chi connectivity index (χ2v) is 8.36. The topological polar surface area (TPSA) is 69.1 Å². The summed E-state index contributed by atoms with van der Waals surface area (Å²) in [5.41, 5.74) is 10.2. The summed E-state index contributed by atoms with van der Waals surface area (Å²) in [5, 5.41) is 0. The van der Waals surface area contributed by atoms with Gasteiger partial charge in [0.05, 0.1) is 16.9 Å². The molecule has 0 amide bonds. The average molecular weight is 463 g/mol. The number of ketones is 1. The van der Waals surface area contributed by atoms with Gasteiger partial charge < -0.3 is 11.5 Å². The van der Waals surface area contributed by atoms with Gasteiger partial charge >= 0.3 is 0 Å². The highest BCUT2D eigenvalue weighted by Gasteiger charge is 2.22. The van der Waals surface area contributed by atoms with Crippen molar-refractivity contribution in [1.82, 2.24) is 0 Å². The number of nitrogens with two attached hydrogens (primary N) is 2. The molecule has 0 aliphatic carbocycles. The van der Waals surface area contributed by atoms with E-state index in [4.69, 9.17) is 11.5 Å². The van der Waals surface area contributed by atoms with Crippen molar-refractivity contribution in [3.05, 3.63) is 53.4 Å². The van der Waals surface area contributed by atoms with Crippen LogP contribution in [0, 0.1) is 23.4 Å². The van der Waals surface area contributed by atoms with Gasteiger partial charge in [-0.25, -0.2) is 13.2 Å². The molecular formula is C27H37F3N2O. The summed E-state index contributed by atoms with van der Waals surface area (Å²) < 4.78 is 42.9. The van der Waals surface area contributed by atoms with Crippen molar-refractivity contribution in [2.75, 3.05) is 11.5 Å². The fourth-order valence-corrected chi connectivity index (χ4v) is 3.70. The molecule has 0 saturated carbocycles. The van der Waals surface area contributed by atoms with Gasteiger partial charge in [-0.3, -0.25) is 4.79 Å². The summed E-state index contributed by atoms with van der Waals surface area (Å²) in [6.07, 6.45) is 8.62. The molecule has 0 bridgehead atoms. The first-order valence-corrected chi connectivity index (χ1v) is 11.6. The van der Waals surface area contributed by atoms with Crippen LogP contribution in [-0.2, 0) is 4.79 Å². The number of unbranched alkanes of at least 4 members (excludes halogenated alkanes) is 1. The van der Waals surface area contributed by atoms with Crippen molar-refractivity contribution in [2.45, 2.75) is 73.1 Å². The number of hydrogen-bond donors (Lipinski definition) is 2. The molecule has 3 nitrogen and oxygen atoms in total. The predicted octanol–water partition coefficient (Wildman–Crippen LogP) is 7.93. The monoisotopic (exact) mass is 462 g/mol. The molecule has 4 N–H and O–H groups in total. The summed E-state index contributed by atoms with van der Waals surface area (Å²) >= 11 is 0. The molecule has 0 heterocycles. The molecule has 0 aromatic heterocycles. The van der Waals surface area contributed by atoms with Crippen LogP contribution in [0.3, 0.4) is 0 Å². The van der Waals surface area contributed by atoms with E-state index in [1.54, 1.807) is 6.08 Å². The Bertz CT molecular complexity index is 964. The van der Waals surface area contributed by atoms with E-state index in [0.717, 1.165) is 24.5 Å². The number of carbonyl (C=O) groups excluding carboxylic acids is 1. The average Bonchev–Trinajstić information content (AvgIpc) is 2.76. The maximum atomic E-state index is 14.7. The van der Waals surface area contributed by atoms with Crippen LogP contribution in [0.2, 0.25) is 0 Å². The van der Waals surface area contributed by atoms with Crippen molar-refractivity contribution >= 4 is 22.7 Å². The van der Waals surface area contributed by atoms with Gasteiger partial charge in [0.15, 0.2) is 17.4 Å². The second-order valence-electron chi connectivity index (χ2n) is 8.36. The number of Topliss-reactive ketones (excluding diaryl/α,β-unsaturated/α-hetero) is 1. The Hall–Kier alpha value is -2.76. The van der Waals surface area contributed by atoms with Crippen LogP contribution >= 0.6 is 0 Å². The molecule has 0 saturated heterocycles. The van der Waals surface area contributed by atoms with Crippen LogP contribution in [0.1, 0.15) is 78.7 Å². The maximum Gasteiger partial charge on any atom is 0.160 e. The van der Waals surface area contributed by atoms with Gasteiger partial charge in [-0.15, -0.1) is 0 Å². The Balaban J connectivity index is 0.000000582. The van der Waals surface area contributed by atoms with Gasteiger partial charge in [-0.2, -0.15) is 0 Å². The fraction of sp³-hybridized carbons (Fsp3) is 0.444. The molecule has 0 spiro atoms. The normalized spacial score (nSPS) is 11.4. The minimum atomic E-state index is -1.06. The van der Waals surface area contributed by atoms with E-state index in [0.29, 0.717) is 6.42 Å². The van der Waals surface area contributed by atoms with Crippen LogP contribution in [0.4, 0.5) is 24.5 Å². The Labute approximate surface area is 196 Å². The van der Waals surface area contributed by atoms with Gasteiger partial charge in [0.1, 0.15) is 5.82 Å². The molecule has 0 atom stereocenters.